The summed E-state index contributed by atoms with van der Waals surface area (Å²) in [4.78, 5) is 12.3. The number of carbonyl (C=O) groups excluding carboxylic acids is 1. The van der Waals surface area contributed by atoms with E-state index in [4.69, 9.17) is 11.6 Å². The van der Waals surface area contributed by atoms with Crippen molar-refractivity contribution in [3.05, 3.63) is 58.7 Å². The fraction of sp³-hybridized carbons (Fsp3) is 0.278. The van der Waals surface area contributed by atoms with Gasteiger partial charge in [0.25, 0.3) is 5.91 Å². The molecule has 0 spiro atoms. The minimum Gasteiger partial charge on any atom is -0.361 e. The van der Waals surface area contributed by atoms with E-state index in [1.54, 1.807) is 0 Å². The van der Waals surface area contributed by atoms with Crippen LogP contribution >= 0.6 is 11.6 Å². The third-order valence-corrected chi connectivity index (χ3v) is 4.02. The molecule has 1 unspecified atom stereocenters. The molecule has 0 aromatic heterocycles. The monoisotopic (exact) mass is 316 g/mol. The summed E-state index contributed by atoms with van der Waals surface area (Å²) in [6.45, 7) is 7.90. The van der Waals surface area contributed by atoms with Crippen LogP contribution in [0.15, 0.2) is 36.4 Å². The number of aryl methyl sites for hydroxylation is 4. The molecule has 0 aliphatic rings. The van der Waals surface area contributed by atoms with Crippen LogP contribution in [-0.4, -0.2) is 11.4 Å². The molecule has 0 saturated carbocycles. The summed E-state index contributed by atoms with van der Waals surface area (Å²) in [5.41, 5.74) is 5.05. The van der Waals surface area contributed by atoms with Gasteiger partial charge in [-0.2, -0.15) is 0 Å². The van der Waals surface area contributed by atoms with Crippen LogP contribution in [-0.2, 0) is 4.79 Å². The van der Waals surface area contributed by atoms with E-state index in [9.17, 15) is 4.79 Å². The number of anilines is 2. The first kappa shape index (κ1) is 16.4. The molecule has 116 valence electrons. The molecule has 0 saturated heterocycles. The molecule has 0 radical (unpaired) electrons. The first-order valence-corrected chi connectivity index (χ1v) is 7.67. The second kappa shape index (κ2) is 6.84. The average molecular weight is 317 g/mol. The third kappa shape index (κ3) is 3.60. The largest absolute Gasteiger partial charge is 0.361 e. The molecule has 0 aliphatic carbocycles. The van der Waals surface area contributed by atoms with Gasteiger partial charge in [-0.1, -0.05) is 48.0 Å². The van der Waals surface area contributed by atoms with E-state index in [0.717, 1.165) is 33.6 Å². The van der Waals surface area contributed by atoms with E-state index in [0.29, 0.717) is 0 Å². The lowest BCUT2D eigenvalue weighted by atomic mass is 10.1. The molecule has 22 heavy (non-hydrogen) atoms. The lowest BCUT2D eigenvalue weighted by molar-refractivity contribution is -0.115. The van der Waals surface area contributed by atoms with Gasteiger partial charge in [-0.3, -0.25) is 4.79 Å². The van der Waals surface area contributed by atoms with Crippen molar-refractivity contribution in [2.45, 2.75) is 33.2 Å². The van der Waals surface area contributed by atoms with Gasteiger partial charge in [-0.25, -0.2) is 0 Å². The normalized spacial score (nSPS) is 11.9. The Bertz CT molecular complexity index is 657. The van der Waals surface area contributed by atoms with E-state index in [-0.39, 0.29) is 5.91 Å². The Morgan fingerprint density at radius 2 is 1.27 bits per heavy atom. The molecule has 2 rings (SSSR count). The number of hydrogen-bond acceptors (Lipinski definition) is 2. The fourth-order valence-corrected chi connectivity index (χ4v) is 2.60. The molecule has 2 N–H and O–H groups in total. The van der Waals surface area contributed by atoms with E-state index < -0.39 is 5.50 Å². The lowest BCUT2D eigenvalue weighted by Gasteiger charge is -2.18. The molecule has 0 bridgehead atoms. The summed E-state index contributed by atoms with van der Waals surface area (Å²) < 4.78 is 0. The highest BCUT2D eigenvalue weighted by Gasteiger charge is 2.18. The Balaban J connectivity index is 2.13. The summed E-state index contributed by atoms with van der Waals surface area (Å²) in [6, 6.07) is 11.9. The van der Waals surface area contributed by atoms with Crippen LogP contribution in [0.2, 0.25) is 0 Å². The zero-order valence-electron chi connectivity index (χ0n) is 13.3. The molecule has 3 nitrogen and oxygen atoms in total. The number of para-hydroxylation sites is 2. The van der Waals surface area contributed by atoms with Gasteiger partial charge in [0.05, 0.1) is 0 Å². The Kier molecular flexibility index (Phi) is 5.09. The first-order chi connectivity index (χ1) is 10.4. The number of carbonyl (C=O) groups is 1. The van der Waals surface area contributed by atoms with E-state index in [2.05, 4.69) is 10.6 Å². The Hall–Kier alpha value is -2.00. The Morgan fingerprint density at radius 1 is 0.864 bits per heavy atom. The van der Waals surface area contributed by atoms with Crippen LogP contribution in [0.4, 0.5) is 11.4 Å². The van der Waals surface area contributed by atoms with Crippen molar-refractivity contribution in [1.29, 1.82) is 0 Å². The Morgan fingerprint density at radius 3 is 1.73 bits per heavy atom. The molecular weight excluding hydrogens is 296 g/mol. The van der Waals surface area contributed by atoms with Crippen LogP contribution in [0.3, 0.4) is 0 Å². The molecule has 0 aliphatic heterocycles. The highest BCUT2D eigenvalue weighted by Crippen LogP contribution is 2.23. The van der Waals surface area contributed by atoms with Crippen LogP contribution < -0.4 is 10.6 Å². The predicted octanol–water partition coefficient (Wildman–Crippen LogP) is 4.54. The quantitative estimate of drug-likeness (QED) is 0.642. The van der Waals surface area contributed by atoms with Gasteiger partial charge in [0.15, 0.2) is 5.50 Å². The van der Waals surface area contributed by atoms with Gasteiger partial charge >= 0.3 is 0 Å². The molecular formula is C18H21ClN2O. The summed E-state index contributed by atoms with van der Waals surface area (Å²) in [7, 11) is 0. The van der Waals surface area contributed by atoms with Crippen molar-refractivity contribution in [2.24, 2.45) is 0 Å². The summed E-state index contributed by atoms with van der Waals surface area (Å²) in [5.74, 6) is -0.262. The molecule has 2 aromatic rings. The number of halogens is 1. The highest BCUT2D eigenvalue weighted by atomic mass is 35.5. The number of nitrogens with one attached hydrogen (secondary N) is 2. The predicted molar refractivity (Wildman–Crippen MR) is 93.7 cm³/mol. The maximum atomic E-state index is 12.3. The summed E-state index contributed by atoms with van der Waals surface area (Å²) in [6.07, 6.45) is 0. The van der Waals surface area contributed by atoms with Crippen molar-refractivity contribution in [1.82, 2.24) is 0 Å². The number of benzene rings is 2. The van der Waals surface area contributed by atoms with Crippen molar-refractivity contribution in [3.63, 3.8) is 0 Å². The molecule has 0 heterocycles. The first-order valence-electron chi connectivity index (χ1n) is 7.24. The zero-order valence-corrected chi connectivity index (χ0v) is 14.1. The zero-order chi connectivity index (χ0) is 16.3. The summed E-state index contributed by atoms with van der Waals surface area (Å²) >= 11 is 6.24. The van der Waals surface area contributed by atoms with Gasteiger partial charge < -0.3 is 10.6 Å². The van der Waals surface area contributed by atoms with Crippen LogP contribution in [0.5, 0.6) is 0 Å². The second-order valence-corrected chi connectivity index (χ2v) is 5.97. The number of alkyl halides is 1. The smallest absolute Gasteiger partial charge is 0.262 e. The van der Waals surface area contributed by atoms with Gasteiger partial charge in [0, 0.05) is 11.4 Å². The summed E-state index contributed by atoms with van der Waals surface area (Å²) in [5, 5.41) is 5.99. The minimum atomic E-state index is -0.834. The van der Waals surface area contributed by atoms with Crippen LogP contribution in [0.25, 0.3) is 0 Å². The van der Waals surface area contributed by atoms with E-state index in [1.807, 2.05) is 64.1 Å². The van der Waals surface area contributed by atoms with Crippen LogP contribution in [0, 0.1) is 27.7 Å². The lowest BCUT2D eigenvalue weighted by Crippen LogP contribution is -2.30. The number of amides is 1. The molecule has 4 heteroatoms. The van der Waals surface area contributed by atoms with Crippen molar-refractivity contribution in [2.75, 3.05) is 10.6 Å². The van der Waals surface area contributed by atoms with E-state index in [1.165, 1.54) is 0 Å². The minimum absolute atomic E-state index is 0.262. The molecule has 2 aromatic carbocycles. The SMILES string of the molecule is Cc1cccc(C)c1NC(=O)C(Cl)Nc1c(C)cccc1C. The van der Waals surface area contributed by atoms with Crippen molar-refractivity contribution < 1.29 is 4.79 Å². The highest BCUT2D eigenvalue weighted by molar-refractivity contribution is 6.33. The van der Waals surface area contributed by atoms with Gasteiger partial charge in [-0.05, 0) is 49.9 Å². The third-order valence-electron chi connectivity index (χ3n) is 3.71. The van der Waals surface area contributed by atoms with Gasteiger partial charge in [-0.15, -0.1) is 0 Å². The molecule has 0 fully saturated rings. The molecule has 1 atom stereocenters. The maximum absolute atomic E-state index is 12.3. The Labute approximate surface area is 136 Å². The van der Waals surface area contributed by atoms with Gasteiger partial charge in [0.1, 0.15) is 0 Å². The average Bonchev–Trinajstić information content (AvgIpc) is 2.46. The number of rotatable bonds is 4. The standard InChI is InChI=1S/C18H21ClN2O/c1-11-7-5-8-12(2)15(11)20-17(19)18(22)21-16-13(3)9-6-10-14(16)4/h5-10,17,20H,1-4H3,(H,21,22). The molecule has 1 amide bonds. The fourth-order valence-electron chi connectivity index (χ4n) is 2.43. The second-order valence-electron chi connectivity index (χ2n) is 5.53. The number of hydrogen-bond donors (Lipinski definition) is 2. The van der Waals surface area contributed by atoms with Crippen molar-refractivity contribution in [3.8, 4) is 0 Å². The van der Waals surface area contributed by atoms with Gasteiger partial charge in [0.2, 0.25) is 0 Å². The maximum Gasteiger partial charge on any atom is 0.262 e. The van der Waals surface area contributed by atoms with Crippen LogP contribution in [0.1, 0.15) is 22.3 Å². The van der Waals surface area contributed by atoms with Crippen molar-refractivity contribution >= 4 is 28.9 Å². The van der Waals surface area contributed by atoms with E-state index >= 15 is 0 Å². The topological polar surface area (TPSA) is 41.1 Å².